The van der Waals surface area contributed by atoms with Gasteiger partial charge in [0.05, 0.1) is 23.1 Å². The van der Waals surface area contributed by atoms with Crippen molar-refractivity contribution in [1.82, 2.24) is 24.6 Å². The van der Waals surface area contributed by atoms with Crippen molar-refractivity contribution >= 4 is 28.4 Å². The van der Waals surface area contributed by atoms with Gasteiger partial charge in [-0.1, -0.05) is 50.2 Å². The van der Waals surface area contributed by atoms with Gasteiger partial charge in [0.1, 0.15) is 5.82 Å². The van der Waals surface area contributed by atoms with Crippen LogP contribution in [0.15, 0.2) is 85.2 Å². The van der Waals surface area contributed by atoms with E-state index in [0.29, 0.717) is 11.4 Å². The highest BCUT2D eigenvalue weighted by molar-refractivity contribution is 6.04. The number of hydrogen-bond acceptors (Lipinski definition) is 5. The van der Waals surface area contributed by atoms with E-state index in [4.69, 9.17) is 0 Å². The lowest BCUT2D eigenvalue weighted by molar-refractivity contribution is 0.102. The second-order valence-corrected chi connectivity index (χ2v) is 9.21. The predicted octanol–water partition coefficient (Wildman–Crippen LogP) is 5.48. The molecule has 0 spiro atoms. The van der Waals surface area contributed by atoms with E-state index in [0.717, 1.165) is 60.7 Å². The van der Waals surface area contributed by atoms with Crippen molar-refractivity contribution in [2.24, 2.45) is 0 Å². The van der Waals surface area contributed by atoms with Gasteiger partial charge in [0.15, 0.2) is 0 Å². The minimum absolute atomic E-state index is 0.189. The Hall–Kier alpha value is -4.43. The first-order valence-electron chi connectivity index (χ1n) is 13.0. The van der Waals surface area contributed by atoms with Crippen molar-refractivity contribution in [2.75, 3.05) is 36.8 Å². The van der Waals surface area contributed by atoms with Crippen molar-refractivity contribution in [3.05, 3.63) is 96.3 Å². The minimum Gasteiger partial charge on any atom is -0.384 e. The van der Waals surface area contributed by atoms with Crippen LogP contribution >= 0.6 is 0 Å². The molecule has 8 nitrogen and oxygen atoms in total. The summed E-state index contributed by atoms with van der Waals surface area (Å²) in [5.41, 5.74) is 6.46. The number of rotatable bonds is 11. The summed E-state index contributed by atoms with van der Waals surface area (Å²) in [6, 6.07) is 25.8. The summed E-state index contributed by atoms with van der Waals surface area (Å²) in [6.07, 6.45) is 1.86. The normalized spacial score (nSPS) is 11.2. The molecule has 0 bridgehead atoms. The van der Waals surface area contributed by atoms with Crippen LogP contribution in [0.25, 0.3) is 22.3 Å². The van der Waals surface area contributed by atoms with Gasteiger partial charge in [-0.3, -0.25) is 9.89 Å². The topological polar surface area (TPSA) is 90.9 Å². The van der Waals surface area contributed by atoms with E-state index in [1.807, 2.05) is 67.0 Å². The Morgan fingerprint density at radius 3 is 2.53 bits per heavy atom. The molecule has 0 aliphatic heterocycles. The highest BCUT2D eigenvalue weighted by atomic mass is 16.1. The summed E-state index contributed by atoms with van der Waals surface area (Å²) in [5.74, 6) is 0.357. The molecule has 3 N–H and O–H groups in total. The van der Waals surface area contributed by atoms with E-state index in [1.54, 1.807) is 0 Å². The predicted molar refractivity (Wildman–Crippen MR) is 154 cm³/mol. The summed E-state index contributed by atoms with van der Waals surface area (Å²) in [7, 11) is 0. The van der Waals surface area contributed by atoms with Crippen LogP contribution in [0.4, 0.5) is 11.5 Å². The Bertz CT molecular complexity index is 1480. The fraction of sp³-hybridized carbons (Fsp3) is 0.233. The third-order valence-corrected chi connectivity index (χ3v) is 6.74. The van der Waals surface area contributed by atoms with Crippen LogP contribution in [0.1, 0.15) is 29.8 Å². The molecule has 2 aromatic heterocycles. The number of aromatic nitrogens is 4. The Kier molecular flexibility index (Phi) is 7.80. The lowest BCUT2D eigenvalue weighted by Crippen LogP contribution is -2.28. The first-order chi connectivity index (χ1) is 18.6. The van der Waals surface area contributed by atoms with E-state index in [9.17, 15) is 4.79 Å². The molecule has 38 heavy (non-hydrogen) atoms. The van der Waals surface area contributed by atoms with Gasteiger partial charge in [-0.15, -0.1) is 0 Å². The Labute approximate surface area is 222 Å². The molecular weight excluding hydrogens is 474 g/mol. The third kappa shape index (κ3) is 5.92. The average Bonchev–Trinajstić information content (AvgIpc) is 3.59. The fourth-order valence-electron chi connectivity index (χ4n) is 4.49. The van der Waals surface area contributed by atoms with Gasteiger partial charge in [-0.25, -0.2) is 4.98 Å². The molecule has 5 rings (SSSR count). The second kappa shape index (κ2) is 11.7. The van der Waals surface area contributed by atoms with E-state index < -0.39 is 0 Å². The number of anilines is 2. The fourth-order valence-corrected chi connectivity index (χ4v) is 4.49. The Morgan fingerprint density at radius 2 is 1.76 bits per heavy atom. The second-order valence-electron chi connectivity index (χ2n) is 9.21. The van der Waals surface area contributed by atoms with Crippen LogP contribution in [-0.2, 0) is 6.54 Å². The molecule has 2 heterocycles. The number of nitrogens with zero attached hydrogens (tertiary/aromatic N) is 4. The number of fused-ring (bicyclic) bond motifs is 1. The van der Waals surface area contributed by atoms with Crippen LogP contribution in [0.5, 0.6) is 0 Å². The Balaban J connectivity index is 1.23. The summed E-state index contributed by atoms with van der Waals surface area (Å²) in [4.78, 5) is 19.7. The number of benzene rings is 3. The van der Waals surface area contributed by atoms with Crippen LogP contribution in [0.2, 0.25) is 0 Å². The molecule has 3 aromatic carbocycles. The molecule has 0 aliphatic rings. The van der Waals surface area contributed by atoms with Crippen molar-refractivity contribution in [2.45, 2.75) is 20.4 Å². The van der Waals surface area contributed by atoms with Crippen LogP contribution < -0.4 is 10.6 Å². The number of likely N-dealkylation sites (N-methyl/N-ethyl adjacent to an activating group) is 1. The van der Waals surface area contributed by atoms with Crippen LogP contribution in [0, 0.1) is 0 Å². The molecule has 0 unspecified atom stereocenters. The zero-order valence-corrected chi connectivity index (χ0v) is 21.8. The van der Waals surface area contributed by atoms with Gasteiger partial charge in [-0.05, 0) is 55.1 Å². The molecule has 0 aliphatic carbocycles. The monoisotopic (exact) mass is 507 g/mol. The Morgan fingerprint density at radius 1 is 0.974 bits per heavy atom. The summed E-state index contributed by atoms with van der Waals surface area (Å²) in [5, 5.41) is 13.7. The van der Waals surface area contributed by atoms with Crippen molar-refractivity contribution < 1.29 is 4.79 Å². The highest BCUT2D eigenvalue weighted by Crippen LogP contribution is 2.25. The zero-order valence-electron chi connectivity index (χ0n) is 21.8. The SMILES string of the molecule is CCN(CC)CCNc1ccc(C(=O)Nc2cc(-c3ccc4ncn(Cc5ccccc5)c4c3)n[nH]2)cc1. The molecule has 0 radical (unpaired) electrons. The van der Waals surface area contributed by atoms with E-state index in [2.05, 4.69) is 67.3 Å². The average molecular weight is 508 g/mol. The highest BCUT2D eigenvalue weighted by Gasteiger charge is 2.12. The van der Waals surface area contributed by atoms with E-state index in [-0.39, 0.29) is 5.91 Å². The number of amides is 1. The summed E-state index contributed by atoms with van der Waals surface area (Å²) in [6.45, 7) is 9.01. The van der Waals surface area contributed by atoms with Gasteiger partial charge >= 0.3 is 0 Å². The quantitative estimate of drug-likeness (QED) is 0.220. The molecule has 1 amide bonds. The molecule has 8 heteroatoms. The van der Waals surface area contributed by atoms with Crippen molar-refractivity contribution in [3.63, 3.8) is 0 Å². The maximum Gasteiger partial charge on any atom is 0.256 e. The number of carbonyl (C=O) groups excluding carboxylic acids is 1. The lowest BCUT2D eigenvalue weighted by atomic mass is 10.1. The third-order valence-electron chi connectivity index (χ3n) is 6.74. The van der Waals surface area contributed by atoms with Gasteiger partial charge in [0.2, 0.25) is 0 Å². The number of H-pyrrole nitrogens is 1. The smallest absolute Gasteiger partial charge is 0.256 e. The maximum atomic E-state index is 12.8. The molecule has 0 saturated heterocycles. The summed E-state index contributed by atoms with van der Waals surface area (Å²) >= 11 is 0. The molecule has 0 saturated carbocycles. The molecular formula is C30H33N7O. The first kappa shape index (κ1) is 25.2. The minimum atomic E-state index is -0.189. The van der Waals surface area contributed by atoms with Gasteiger partial charge in [0.25, 0.3) is 5.91 Å². The lowest BCUT2D eigenvalue weighted by Gasteiger charge is -2.18. The number of aromatic amines is 1. The largest absolute Gasteiger partial charge is 0.384 e. The van der Waals surface area contributed by atoms with Gasteiger partial charge in [-0.2, -0.15) is 5.10 Å². The molecule has 0 atom stereocenters. The van der Waals surface area contributed by atoms with E-state index >= 15 is 0 Å². The van der Waals surface area contributed by atoms with Crippen molar-refractivity contribution in [1.29, 1.82) is 0 Å². The van der Waals surface area contributed by atoms with E-state index in [1.165, 1.54) is 5.56 Å². The number of hydrogen-bond donors (Lipinski definition) is 3. The number of nitrogens with one attached hydrogen (secondary N) is 3. The standard InChI is InChI=1S/C30H33N7O/c1-3-36(4-2)17-16-31-25-13-10-23(11-14-25)30(38)33-29-19-27(34-35-29)24-12-15-26-28(18-24)37(21-32-26)20-22-8-6-5-7-9-22/h5-15,18-19,21,31H,3-4,16-17,20H2,1-2H3,(H2,33,34,35,38). The molecule has 0 fully saturated rings. The van der Waals surface area contributed by atoms with Crippen molar-refractivity contribution in [3.8, 4) is 11.3 Å². The van der Waals surface area contributed by atoms with Crippen LogP contribution in [-0.4, -0.2) is 56.7 Å². The number of imidazole rings is 1. The van der Waals surface area contributed by atoms with Crippen LogP contribution in [0.3, 0.4) is 0 Å². The number of carbonyl (C=O) groups is 1. The summed E-state index contributed by atoms with van der Waals surface area (Å²) < 4.78 is 2.13. The maximum absolute atomic E-state index is 12.8. The first-order valence-corrected chi connectivity index (χ1v) is 13.0. The molecule has 194 valence electrons. The molecule has 5 aromatic rings. The van der Waals surface area contributed by atoms with Gasteiger partial charge < -0.3 is 20.1 Å². The zero-order chi connectivity index (χ0) is 26.3. The van der Waals surface area contributed by atoms with Gasteiger partial charge in [0, 0.05) is 42.5 Å².